The minimum absolute atomic E-state index is 0.0840. The van der Waals surface area contributed by atoms with Gasteiger partial charge in [-0.25, -0.2) is 0 Å². The highest BCUT2D eigenvalue weighted by Gasteiger charge is 2.72. The molecule has 4 fully saturated rings. The smallest absolute Gasteiger partial charge is 0.261 e. The summed E-state index contributed by atoms with van der Waals surface area (Å²) in [6, 6.07) is 21.1. The molecule has 2 aromatic carbocycles. The zero-order valence-corrected chi connectivity index (χ0v) is 26.5. The van der Waals surface area contributed by atoms with Gasteiger partial charge >= 0.3 is 0 Å². The van der Waals surface area contributed by atoms with Crippen molar-refractivity contribution < 1.29 is 23.4 Å². The maximum Gasteiger partial charge on any atom is 0.261 e. The van der Waals surface area contributed by atoms with E-state index in [2.05, 4.69) is 74.6 Å². The van der Waals surface area contributed by atoms with Crippen LogP contribution in [0.5, 0.6) is 0 Å². The van der Waals surface area contributed by atoms with E-state index in [9.17, 15) is 4.79 Å². The Balaban J connectivity index is 1.40. The fraction of sp³-hybridized carbons (Fsp3) is 0.562. The summed E-state index contributed by atoms with van der Waals surface area (Å²) in [5, 5.41) is 6.03. The molecule has 0 radical (unpaired) electrons. The second-order valence-electron chi connectivity index (χ2n) is 13.3. The van der Waals surface area contributed by atoms with Crippen LogP contribution in [-0.2, 0) is 23.4 Å². The van der Waals surface area contributed by atoms with E-state index in [1.807, 2.05) is 30.9 Å². The van der Waals surface area contributed by atoms with Crippen LogP contribution < -0.4 is 15.7 Å². The van der Waals surface area contributed by atoms with Gasteiger partial charge in [-0.3, -0.25) is 9.69 Å². The van der Waals surface area contributed by atoms with Crippen LogP contribution in [0, 0.1) is 0 Å². The summed E-state index contributed by atoms with van der Waals surface area (Å²) in [6.07, 6.45) is 3.27. The standard InChI is InChI=1S/C32H42N2O5SSi/c1-30(2,3)41(23-17-11-7-12-18-23,24-19-13-8-14-20-24)36-21-25-32(26-27(37-25)39-31(4,5)38-26)28(35)34(29(40)33-32)22-15-9-6-10-16-22/h7-8,11-14,17-20,22,25-27H,6,9-10,15-16,21H2,1-5H3,(H,33,40)/t25-,26-,27+,32+/m1/s1. The quantitative estimate of drug-likeness (QED) is 0.397. The molecule has 1 spiro atoms. The lowest BCUT2D eigenvalue weighted by Crippen LogP contribution is -2.69. The first-order chi connectivity index (χ1) is 19.5. The van der Waals surface area contributed by atoms with Crippen molar-refractivity contribution in [2.24, 2.45) is 0 Å². The molecule has 4 atom stereocenters. The Morgan fingerprint density at radius 1 is 0.976 bits per heavy atom. The molecule has 41 heavy (non-hydrogen) atoms. The third kappa shape index (κ3) is 4.69. The van der Waals surface area contributed by atoms with E-state index in [4.69, 9.17) is 30.9 Å². The lowest BCUT2D eigenvalue weighted by Gasteiger charge is -2.44. The summed E-state index contributed by atoms with van der Waals surface area (Å²) < 4.78 is 26.4. The molecule has 3 aliphatic heterocycles. The van der Waals surface area contributed by atoms with E-state index < -0.39 is 38.1 Å². The second-order valence-corrected chi connectivity index (χ2v) is 18.0. The summed E-state index contributed by atoms with van der Waals surface area (Å²) in [5.74, 6) is -0.965. The van der Waals surface area contributed by atoms with Gasteiger partial charge in [0, 0.05) is 6.04 Å². The zero-order valence-electron chi connectivity index (χ0n) is 24.7. The van der Waals surface area contributed by atoms with Crippen molar-refractivity contribution in [3.63, 3.8) is 0 Å². The lowest BCUT2D eigenvalue weighted by molar-refractivity contribution is -0.215. The van der Waals surface area contributed by atoms with E-state index in [-0.39, 0.29) is 23.6 Å². The molecule has 1 saturated carbocycles. The molecular weight excluding hydrogens is 553 g/mol. The van der Waals surface area contributed by atoms with E-state index in [0.29, 0.717) is 5.11 Å². The van der Waals surface area contributed by atoms with Crippen molar-refractivity contribution in [1.29, 1.82) is 0 Å². The maximum atomic E-state index is 14.6. The van der Waals surface area contributed by atoms with Gasteiger partial charge in [0.2, 0.25) is 0 Å². The Bertz CT molecular complexity index is 1240. The number of hydrogen-bond acceptors (Lipinski definition) is 6. The van der Waals surface area contributed by atoms with Gasteiger partial charge < -0.3 is 24.0 Å². The van der Waals surface area contributed by atoms with Crippen molar-refractivity contribution in [2.75, 3.05) is 6.61 Å². The van der Waals surface area contributed by atoms with Crippen LogP contribution in [0.3, 0.4) is 0 Å². The molecule has 4 aliphatic rings. The highest BCUT2D eigenvalue weighted by Crippen LogP contribution is 2.47. The number of thiocarbonyl (C=S) groups is 1. The SMILES string of the molecule is CC1(C)O[C@@H]2O[C@H](CO[Si](c3ccccc3)(c3ccccc3)C(C)(C)C)[C@]3(NC(=S)N(C4CCCCC4)C3=O)[C@@H]2O1. The van der Waals surface area contributed by atoms with Crippen LogP contribution in [0.4, 0.5) is 0 Å². The fourth-order valence-corrected chi connectivity index (χ4v) is 12.3. The van der Waals surface area contributed by atoms with E-state index in [1.165, 1.54) is 16.8 Å². The molecule has 220 valence electrons. The summed E-state index contributed by atoms with van der Waals surface area (Å²) >= 11 is 5.86. The highest BCUT2D eigenvalue weighted by atomic mass is 32.1. The maximum absolute atomic E-state index is 14.6. The molecule has 2 aromatic rings. The number of nitrogens with zero attached hydrogens (tertiary/aromatic N) is 1. The topological polar surface area (TPSA) is 69.3 Å². The summed E-state index contributed by atoms with van der Waals surface area (Å²) in [7, 11) is -2.88. The number of benzene rings is 2. The van der Waals surface area contributed by atoms with Crippen LogP contribution in [0.15, 0.2) is 60.7 Å². The Morgan fingerprint density at radius 3 is 2.12 bits per heavy atom. The van der Waals surface area contributed by atoms with Crippen molar-refractivity contribution in [3.8, 4) is 0 Å². The van der Waals surface area contributed by atoms with Crippen LogP contribution in [0.1, 0.15) is 66.7 Å². The van der Waals surface area contributed by atoms with Gasteiger partial charge in [-0.2, -0.15) is 0 Å². The zero-order chi connectivity index (χ0) is 29.0. The molecule has 1 amide bonds. The van der Waals surface area contributed by atoms with Gasteiger partial charge in [-0.1, -0.05) is 101 Å². The normalized spacial score (nSPS) is 30.2. The minimum atomic E-state index is -2.88. The largest absolute Gasteiger partial charge is 0.405 e. The van der Waals surface area contributed by atoms with Crippen LogP contribution in [0.25, 0.3) is 0 Å². The van der Waals surface area contributed by atoms with Gasteiger partial charge in [0.15, 0.2) is 22.7 Å². The fourth-order valence-electron chi connectivity index (χ4n) is 7.39. The van der Waals surface area contributed by atoms with Gasteiger partial charge in [0.25, 0.3) is 14.2 Å². The minimum Gasteiger partial charge on any atom is -0.405 e. The van der Waals surface area contributed by atoms with Crippen molar-refractivity contribution >= 4 is 41.9 Å². The number of hydrogen-bond donors (Lipinski definition) is 1. The number of nitrogens with one attached hydrogen (secondary N) is 1. The first-order valence-corrected chi connectivity index (χ1v) is 17.2. The average Bonchev–Trinajstić information content (AvgIpc) is 3.50. The lowest BCUT2D eigenvalue weighted by atomic mass is 9.87. The number of rotatable bonds is 6. The Labute approximate surface area is 250 Å². The number of fused-ring (bicyclic) bond motifs is 2. The molecule has 3 saturated heterocycles. The summed E-state index contributed by atoms with van der Waals surface area (Å²) in [6.45, 7) is 10.6. The molecule has 0 aromatic heterocycles. The Kier molecular flexibility index (Phi) is 7.44. The van der Waals surface area contributed by atoms with Crippen molar-refractivity contribution in [1.82, 2.24) is 10.2 Å². The third-order valence-corrected chi connectivity index (χ3v) is 14.5. The molecule has 1 N–H and O–H groups in total. The molecular formula is C32H42N2O5SSi. The van der Waals surface area contributed by atoms with E-state index in [0.717, 1.165) is 25.7 Å². The molecule has 0 unspecified atom stereocenters. The second kappa shape index (κ2) is 10.5. The predicted octanol–water partition coefficient (Wildman–Crippen LogP) is 4.23. The van der Waals surface area contributed by atoms with E-state index in [1.54, 1.807) is 0 Å². The van der Waals surface area contributed by atoms with Gasteiger partial charge in [-0.05, 0) is 54.3 Å². The Hall–Kier alpha value is -2.14. The van der Waals surface area contributed by atoms with Gasteiger partial charge in [0.05, 0.1) is 6.61 Å². The first kappa shape index (κ1) is 29.0. The Morgan fingerprint density at radius 2 is 1.56 bits per heavy atom. The van der Waals surface area contributed by atoms with Gasteiger partial charge in [0.1, 0.15) is 12.2 Å². The van der Waals surface area contributed by atoms with Crippen LogP contribution in [-0.4, -0.2) is 66.7 Å². The summed E-state index contributed by atoms with van der Waals surface area (Å²) in [5.41, 5.74) is -1.22. The number of ether oxygens (including phenoxy) is 3. The molecule has 0 bridgehead atoms. The monoisotopic (exact) mass is 594 g/mol. The number of carbonyl (C=O) groups is 1. The van der Waals surface area contributed by atoms with E-state index >= 15 is 0 Å². The average molecular weight is 595 g/mol. The van der Waals surface area contributed by atoms with Crippen LogP contribution >= 0.6 is 12.2 Å². The molecule has 3 heterocycles. The first-order valence-electron chi connectivity index (χ1n) is 14.9. The molecule has 6 rings (SSSR count). The number of carbonyl (C=O) groups excluding carboxylic acids is 1. The molecule has 9 heteroatoms. The number of amides is 1. The molecule has 1 aliphatic carbocycles. The summed E-state index contributed by atoms with van der Waals surface area (Å²) in [4.78, 5) is 16.4. The predicted molar refractivity (Wildman–Crippen MR) is 164 cm³/mol. The van der Waals surface area contributed by atoms with Gasteiger partial charge in [-0.15, -0.1) is 0 Å². The van der Waals surface area contributed by atoms with Crippen molar-refractivity contribution in [3.05, 3.63) is 60.7 Å². The molecule has 7 nitrogen and oxygen atoms in total. The van der Waals surface area contributed by atoms with Crippen molar-refractivity contribution in [2.45, 2.75) is 108 Å². The van der Waals surface area contributed by atoms with Crippen LogP contribution in [0.2, 0.25) is 5.04 Å². The highest BCUT2D eigenvalue weighted by molar-refractivity contribution is 7.80. The third-order valence-electron chi connectivity index (χ3n) is 9.23.